The van der Waals surface area contributed by atoms with Crippen LogP contribution in [0.25, 0.3) is 0 Å². The number of rotatable bonds is 4. The molecule has 80 valence electrons. The zero-order valence-electron chi connectivity index (χ0n) is 9.21. The lowest BCUT2D eigenvalue weighted by Gasteiger charge is -2.10. The summed E-state index contributed by atoms with van der Waals surface area (Å²) in [5.74, 6) is 1.78. The van der Waals surface area contributed by atoms with Gasteiger partial charge in [0.15, 0.2) is 0 Å². The van der Waals surface area contributed by atoms with Crippen molar-refractivity contribution in [3.8, 4) is 0 Å². The molecular weight excluding hydrogens is 182 g/mol. The van der Waals surface area contributed by atoms with E-state index in [-0.39, 0.29) is 0 Å². The third-order valence-corrected chi connectivity index (χ3v) is 3.62. The van der Waals surface area contributed by atoms with E-state index in [1.54, 1.807) is 11.1 Å². The maximum absolute atomic E-state index is 5.61. The highest BCUT2D eigenvalue weighted by atomic mass is 14.5. The first-order valence-corrected chi connectivity index (χ1v) is 6.21. The smallest absolute Gasteiger partial charge is 0.00367 e. The third-order valence-electron chi connectivity index (χ3n) is 3.62. The molecule has 2 saturated carbocycles. The first-order valence-electron chi connectivity index (χ1n) is 6.21. The van der Waals surface area contributed by atoms with Gasteiger partial charge in [-0.25, -0.2) is 0 Å². The maximum atomic E-state index is 5.61. The van der Waals surface area contributed by atoms with Gasteiger partial charge in [0.1, 0.15) is 0 Å². The van der Waals surface area contributed by atoms with E-state index in [4.69, 9.17) is 5.73 Å². The summed E-state index contributed by atoms with van der Waals surface area (Å²) in [6, 6.07) is 7.08. The van der Waals surface area contributed by atoms with Crippen LogP contribution in [0.15, 0.2) is 18.2 Å². The Hall–Kier alpha value is -0.820. The molecule has 0 saturated heterocycles. The van der Waals surface area contributed by atoms with Gasteiger partial charge in [-0.05, 0) is 67.2 Å². The van der Waals surface area contributed by atoms with Crippen molar-refractivity contribution in [2.75, 3.05) is 6.54 Å². The maximum Gasteiger partial charge on any atom is -0.00367 e. The van der Waals surface area contributed by atoms with Crippen molar-refractivity contribution in [3.63, 3.8) is 0 Å². The molecule has 15 heavy (non-hydrogen) atoms. The van der Waals surface area contributed by atoms with E-state index >= 15 is 0 Å². The lowest BCUT2D eigenvalue weighted by Crippen LogP contribution is -2.03. The lowest BCUT2D eigenvalue weighted by atomic mass is 9.96. The number of hydrogen-bond donors (Lipinski definition) is 1. The zero-order chi connectivity index (χ0) is 10.3. The van der Waals surface area contributed by atoms with Gasteiger partial charge in [-0.2, -0.15) is 0 Å². The second-order valence-electron chi connectivity index (χ2n) is 5.05. The highest BCUT2D eigenvalue weighted by molar-refractivity contribution is 5.41. The van der Waals surface area contributed by atoms with Crippen molar-refractivity contribution in [2.24, 2.45) is 5.73 Å². The van der Waals surface area contributed by atoms with E-state index < -0.39 is 0 Å². The van der Waals surface area contributed by atoms with E-state index in [9.17, 15) is 0 Å². The Kier molecular flexibility index (Phi) is 2.28. The van der Waals surface area contributed by atoms with Crippen LogP contribution >= 0.6 is 0 Å². The quantitative estimate of drug-likeness (QED) is 0.796. The largest absolute Gasteiger partial charge is 0.330 e. The molecule has 0 bridgehead atoms. The Morgan fingerprint density at radius 2 is 1.67 bits per heavy atom. The average molecular weight is 201 g/mol. The summed E-state index contributed by atoms with van der Waals surface area (Å²) in [5, 5.41) is 0. The topological polar surface area (TPSA) is 26.0 Å². The van der Waals surface area contributed by atoms with Gasteiger partial charge >= 0.3 is 0 Å². The minimum Gasteiger partial charge on any atom is -0.330 e. The fraction of sp³-hybridized carbons (Fsp3) is 0.571. The van der Waals surface area contributed by atoms with Crippen LogP contribution in [0.4, 0.5) is 0 Å². The minimum absolute atomic E-state index is 0.771. The molecule has 0 radical (unpaired) electrons. The normalized spacial score (nSPS) is 20.6. The molecule has 0 aliphatic heterocycles. The van der Waals surface area contributed by atoms with E-state index in [0.29, 0.717) is 0 Å². The Morgan fingerprint density at radius 3 is 2.27 bits per heavy atom. The SMILES string of the molecule is NCCc1ccc(C2CC2)c(C2CC2)c1. The summed E-state index contributed by atoms with van der Waals surface area (Å²) >= 11 is 0. The van der Waals surface area contributed by atoms with Gasteiger partial charge < -0.3 is 5.73 Å². The molecule has 2 fully saturated rings. The number of hydrogen-bond acceptors (Lipinski definition) is 1. The minimum atomic E-state index is 0.771. The van der Waals surface area contributed by atoms with Crippen LogP contribution in [-0.4, -0.2) is 6.54 Å². The average Bonchev–Trinajstić information content (AvgIpc) is 3.11. The highest BCUT2D eigenvalue weighted by Crippen LogP contribution is 2.49. The Labute approximate surface area is 91.7 Å². The molecule has 0 aromatic heterocycles. The van der Waals surface area contributed by atoms with Crippen LogP contribution < -0.4 is 5.73 Å². The number of nitrogens with two attached hydrogens (primary N) is 1. The summed E-state index contributed by atoms with van der Waals surface area (Å²) in [6.45, 7) is 0.771. The molecule has 0 spiro atoms. The van der Waals surface area contributed by atoms with Crippen molar-refractivity contribution in [1.82, 2.24) is 0 Å². The van der Waals surface area contributed by atoms with Crippen LogP contribution in [0, 0.1) is 0 Å². The molecule has 1 aromatic rings. The second-order valence-corrected chi connectivity index (χ2v) is 5.05. The summed E-state index contributed by atoms with van der Waals surface area (Å²) in [4.78, 5) is 0. The van der Waals surface area contributed by atoms with Crippen LogP contribution in [0.3, 0.4) is 0 Å². The number of benzene rings is 1. The van der Waals surface area contributed by atoms with E-state index in [2.05, 4.69) is 18.2 Å². The van der Waals surface area contributed by atoms with E-state index in [1.807, 2.05) is 0 Å². The van der Waals surface area contributed by atoms with E-state index in [0.717, 1.165) is 24.8 Å². The van der Waals surface area contributed by atoms with Crippen molar-refractivity contribution in [3.05, 3.63) is 34.9 Å². The fourth-order valence-electron chi connectivity index (χ4n) is 2.46. The molecule has 1 aromatic carbocycles. The molecule has 2 N–H and O–H groups in total. The van der Waals surface area contributed by atoms with Gasteiger partial charge in [-0.3, -0.25) is 0 Å². The Morgan fingerprint density at radius 1 is 1.00 bits per heavy atom. The molecular formula is C14H19N. The first kappa shape index (κ1) is 9.41. The molecule has 2 aliphatic carbocycles. The molecule has 1 heteroatoms. The van der Waals surface area contributed by atoms with Crippen LogP contribution in [0.5, 0.6) is 0 Å². The monoisotopic (exact) mass is 201 g/mol. The Bertz CT molecular complexity index is 362. The summed E-state index contributed by atoms with van der Waals surface area (Å²) in [5.41, 5.74) is 10.4. The van der Waals surface area contributed by atoms with E-state index in [1.165, 1.54) is 31.2 Å². The van der Waals surface area contributed by atoms with Gasteiger partial charge in [-0.15, -0.1) is 0 Å². The molecule has 0 unspecified atom stereocenters. The predicted molar refractivity (Wildman–Crippen MR) is 63.2 cm³/mol. The van der Waals surface area contributed by atoms with Gasteiger partial charge in [0.2, 0.25) is 0 Å². The molecule has 0 heterocycles. The molecule has 3 rings (SSSR count). The molecule has 1 nitrogen and oxygen atoms in total. The van der Waals surface area contributed by atoms with Crippen molar-refractivity contribution < 1.29 is 0 Å². The van der Waals surface area contributed by atoms with Crippen LogP contribution in [0.2, 0.25) is 0 Å². The summed E-state index contributed by atoms with van der Waals surface area (Å²) < 4.78 is 0. The fourth-order valence-corrected chi connectivity index (χ4v) is 2.46. The molecule has 2 aliphatic rings. The standard InChI is InChI=1S/C14H19N/c15-8-7-10-1-6-13(11-2-3-11)14(9-10)12-4-5-12/h1,6,9,11-12H,2-5,7-8,15H2. The van der Waals surface area contributed by atoms with Crippen LogP contribution in [0.1, 0.15) is 54.2 Å². The lowest BCUT2D eigenvalue weighted by molar-refractivity contribution is 0.947. The zero-order valence-corrected chi connectivity index (χ0v) is 9.21. The third kappa shape index (κ3) is 1.93. The Balaban J connectivity index is 1.92. The highest BCUT2D eigenvalue weighted by Gasteiger charge is 2.32. The van der Waals surface area contributed by atoms with Crippen molar-refractivity contribution >= 4 is 0 Å². The summed E-state index contributed by atoms with van der Waals surface area (Å²) in [6.07, 6.45) is 6.67. The second kappa shape index (κ2) is 3.64. The van der Waals surface area contributed by atoms with Gasteiger partial charge in [0.05, 0.1) is 0 Å². The van der Waals surface area contributed by atoms with Gasteiger partial charge in [0, 0.05) is 0 Å². The summed E-state index contributed by atoms with van der Waals surface area (Å²) in [7, 11) is 0. The van der Waals surface area contributed by atoms with Crippen LogP contribution in [-0.2, 0) is 6.42 Å². The molecule has 0 atom stereocenters. The molecule has 0 amide bonds. The first-order chi connectivity index (χ1) is 7.38. The van der Waals surface area contributed by atoms with Gasteiger partial charge in [-0.1, -0.05) is 18.2 Å². The van der Waals surface area contributed by atoms with Crippen molar-refractivity contribution in [1.29, 1.82) is 0 Å². The van der Waals surface area contributed by atoms with Gasteiger partial charge in [0.25, 0.3) is 0 Å². The predicted octanol–water partition coefficient (Wildman–Crippen LogP) is 2.94. The van der Waals surface area contributed by atoms with Crippen molar-refractivity contribution in [2.45, 2.75) is 43.9 Å².